The molecule has 0 atom stereocenters. The van der Waals surface area contributed by atoms with E-state index in [9.17, 15) is 4.79 Å². The first-order chi connectivity index (χ1) is 26.7. The SMILES string of the molecule is CCCCCCCCCCCCCCCCCCOc1ccc(/C=C/C(=O)c2cccc(OCCCCCCCCCCCCCCCCCC)c2)cc1. The van der Waals surface area contributed by atoms with Crippen LogP contribution in [0.3, 0.4) is 0 Å². The molecule has 0 saturated carbocycles. The second kappa shape index (κ2) is 36.1. The van der Waals surface area contributed by atoms with Gasteiger partial charge in [-0.15, -0.1) is 0 Å². The van der Waals surface area contributed by atoms with Crippen molar-refractivity contribution in [3.8, 4) is 11.5 Å². The highest BCUT2D eigenvalue weighted by Gasteiger charge is 2.05. The maximum atomic E-state index is 12.9. The molecule has 0 aliphatic heterocycles. The Morgan fingerprint density at radius 2 is 0.778 bits per heavy atom. The molecule has 54 heavy (non-hydrogen) atoms. The number of ether oxygens (including phenoxy) is 2. The minimum Gasteiger partial charge on any atom is -0.494 e. The molecule has 0 aliphatic rings. The van der Waals surface area contributed by atoms with E-state index < -0.39 is 0 Å². The first-order valence-corrected chi connectivity index (χ1v) is 23.4. The molecule has 0 radical (unpaired) electrons. The monoisotopic (exact) mass is 745 g/mol. The lowest BCUT2D eigenvalue weighted by molar-refractivity contribution is 0.104. The van der Waals surface area contributed by atoms with Crippen molar-refractivity contribution < 1.29 is 14.3 Å². The molecule has 0 heterocycles. The lowest BCUT2D eigenvalue weighted by Gasteiger charge is -2.07. The fourth-order valence-electron chi connectivity index (χ4n) is 7.36. The van der Waals surface area contributed by atoms with E-state index in [-0.39, 0.29) is 5.78 Å². The van der Waals surface area contributed by atoms with Gasteiger partial charge in [0, 0.05) is 5.56 Å². The van der Waals surface area contributed by atoms with E-state index in [1.165, 1.54) is 193 Å². The Kier molecular flexibility index (Phi) is 31.8. The average Bonchev–Trinajstić information content (AvgIpc) is 3.20. The van der Waals surface area contributed by atoms with Crippen LogP contribution in [0, 0.1) is 0 Å². The van der Waals surface area contributed by atoms with E-state index in [4.69, 9.17) is 9.47 Å². The molecule has 0 aromatic heterocycles. The summed E-state index contributed by atoms with van der Waals surface area (Å²) in [5.74, 6) is 1.67. The summed E-state index contributed by atoms with van der Waals surface area (Å²) < 4.78 is 12.0. The molecular formula is C51H84O3. The zero-order chi connectivity index (χ0) is 38.4. The molecular weight excluding hydrogens is 661 g/mol. The molecule has 306 valence electrons. The number of benzene rings is 2. The quantitative estimate of drug-likeness (QED) is 0.0388. The van der Waals surface area contributed by atoms with Crippen LogP contribution in [0.15, 0.2) is 54.6 Å². The summed E-state index contributed by atoms with van der Waals surface area (Å²) in [7, 11) is 0. The maximum Gasteiger partial charge on any atom is 0.185 e. The summed E-state index contributed by atoms with van der Waals surface area (Å²) in [5, 5.41) is 0. The van der Waals surface area contributed by atoms with Crippen molar-refractivity contribution in [2.45, 2.75) is 219 Å². The van der Waals surface area contributed by atoms with Crippen molar-refractivity contribution in [1.29, 1.82) is 0 Å². The number of unbranched alkanes of at least 4 members (excludes halogenated alkanes) is 30. The van der Waals surface area contributed by atoms with E-state index in [1.807, 2.05) is 54.6 Å². The highest BCUT2D eigenvalue weighted by atomic mass is 16.5. The van der Waals surface area contributed by atoms with Crippen molar-refractivity contribution in [2.75, 3.05) is 13.2 Å². The largest absolute Gasteiger partial charge is 0.494 e. The van der Waals surface area contributed by atoms with Crippen LogP contribution < -0.4 is 9.47 Å². The summed E-state index contributed by atoms with van der Waals surface area (Å²) in [6.07, 6.45) is 47.4. The summed E-state index contributed by atoms with van der Waals surface area (Å²) >= 11 is 0. The average molecular weight is 745 g/mol. The zero-order valence-corrected chi connectivity index (χ0v) is 35.5. The van der Waals surface area contributed by atoms with Crippen LogP contribution in [-0.4, -0.2) is 19.0 Å². The number of ketones is 1. The minimum absolute atomic E-state index is 0.00770. The molecule has 2 aromatic rings. The summed E-state index contributed by atoms with van der Waals surface area (Å²) in [6, 6.07) is 15.6. The molecule has 0 spiro atoms. The Morgan fingerprint density at radius 1 is 0.426 bits per heavy atom. The normalized spacial score (nSPS) is 11.4. The van der Waals surface area contributed by atoms with Crippen LogP contribution in [0.5, 0.6) is 11.5 Å². The van der Waals surface area contributed by atoms with Crippen molar-refractivity contribution in [3.05, 3.63) is 65.7 Å². The minimum atomic E-state index is -0.00770. The van der Waals surface area contributed by atoms with Crippen LogP contribution in [0.1, 0.15) is 235 Å². The number of carbonyl (C=O) groups excluding carboxylic acids is 1. The van der Waals surface area contributed by atoms with Crippen molar-refractivity contribution >= 4 is 11.9 Å². The molecule has 0 N–H and O–H groups in total. The molecule has 3 heteroatoms. The van der Waals surface area contributed by atoms with Gasteiger partial charge in [0.25, 0.3) is 0 Å². The number of allylic oxidation sites excluding steroid dienone is 1. The second-order valence-electron chi connectivity index (χ2n) is 16.1. The third-order valence-corrected chi connectivity index (χ3v) is 11.0. The smallest absolute Gasteiger partial charge is 0.185 e. The fraction of sp³-hybridized carbons (Fsp3) is 0.706. The van der Waals surface area contributed by atoms with Gasteiger partial charge < -0.3 is 9.47 Å². The van der Waals surface area contributed by atoms with Crippen LogP contribution in [0.4, 0.5) is 0 Å². The maximum absolute atomic E-state index is 12.9. The summed E-state index contributed by atoms with van der Waals surface area (Å²) in [5.41, 5.74) is 1.66. The van der Waals surface area contributed by atoms with Crippen LogP contribution in [0.2, 0.25) is 0 Å². The Bertz CT molecular complexity index is 1140. The fourth-order valence-corrected chi connectivity index (χ4v) is 7.36. The third kappa shape index (κ3) is 27.9. The predicted octanol–water partition coefficient (Wildman–Crippen LogP) is 16.9. The summed E-state index contributed by atoms with van der Waals surface area (Å²) in [6.45, 7) is 6.06. The van der Waals surface area contributed by atoms with Gasteiger partial charge in [-0.05, 0) is 48.7 Å². The van der Waals surface area contributed by atoms with Gasteiger partial charge in [0.05, 0.1) is 13.2 Å². The van der Waals surface area contributed by atoms with Gasteiger partial charge in [-0.3, -0.25) is 4.79 Å². The van der Waals surface area contributed by atoms with E-state index in [0.717, 1.165) is 36.5 Å². The van der Waals surface area contributed by atoms with E-state index in [0.29, 0.717) is 12.2 Å². The lowest BCUT2D eigenvalue weighted by Crippen LogP contribution is -2.00. The third-order valence-electron chi connectivity index (χ3n) is 11.0. The lowest BCUT2D eigenvalue weighted by atomic mass is 10.0. The number of hydrogen-bond donors (Lipinski definition) is 0. The Labute approximate surface area is 334 Å². The van der Waals surface area contributed by atoms with Crippen molar-refractivity contribution in [1.82, 2.24) is 0 Å². The standard InChI is InChI=1S/C51H84O3/c1-3-5-7-9-11-13-15-17-19-21-23-25-27-29-31-33-44-53-49-41-38-47(39-42-49)40-43-51(52)48-36-35-37-50(46-48)54-45-34-32-30-28-26-24-22-20-18-16-14-12-10-8-6-4-2/h35-43,46H,3-34,44-45H2,1-2H3/b43-40+. The van der Waals surface area contributed by atoms with Gasteiger partial charge in [0.1, 0.15) is 11.5 Å². The number of carbonyl (C=O) groups is 1. The Balaban J connectivity index is 1.44. The van der Waals surface area contributed by atoms with Gasteiger partial charge in [0.2, 0.25) is 0 Å². The predicted molar refractivity (Wildman–Crippen MR) is 236 cm³/mol. The molecule has 2 rings (SSSR count). The van der Waals surface area contributed by atoms with Gasteiger partial charge in [-0.2, -0.15) is 0 Å². The summed E-state index contributed by atoms with van der Waals surface area (Å²) in [4.78, 5) is 12.9. The topological polar surface area (TPSA) is 35.5 Å². The van der Waals surface area contributed by atoms with Gasteiger partial charge in [-0.1, -0.05) is 237 Å². The molecule has 0 fully saturated rings. The van der Waals surface area contributed by atoms with E-state index >= 15 is 0 Å². The zero-order valence-electron chi connectivity index (χ0n) is 35.5. The Morgan fingerprint density at radius 3 is 1.17 bits per heavy atom. The number of rotatable bonds is 39. The molecule has 0 amide bonds. The highest BCUT2D eigenvalue weighted by molar-refractivity contribution is 6.07. The Hall–Kier alpha value is -2.55. The molecule has 0 aliphatic carbocycles. The van der Waals surface area contributed by atoms with Crippen molar-refractivity contribution in [3.63, 3.8) is 0 Å². The van der Waals surface area contributed by atoms with Crippen molar-refractivity contribution in [2.24, 2.45) is 0 Å². The van der Waals surface area contributed by atoms with Crippen LogP contribution in [0.25, 0.3) is 6.08 Å². The first-order valence-electron chi connectivity index (χ1n) is 23.4. The second-order valence-corrected chi connectivity index (χ2v) is 16.1. The number of hydrogen-bond acceptors (Lipinski definition) is 3. The van der Waals surface area contributed by atoms with Crippen LogP contribution >= 0.6 is 0 Å². The molecule has 0 bridgehead atoms. The van der Waals surface area contributed by atoms with Gasteiger partial charge >= 0.3 is 0 Å². The molecule has 2 aromatic carbocycles. The van der Waals surface area contributed by atoms with Crippen LogP contribution in [-0.2, 0) is 0 Å². The molecule has 0 saturated heterocycles. The highest BCUT2D eigenvalue weighted by Crippen LogP contribution is 2.19. The molecule has 0 unspecified atom stereocenters. The van der Waals surface area contributed by atoms with E-state index in [1.54, 1.807) is 6.08 Å². The van der Waals surface area contributed by atoms with E-state index in [2.05, 4.69) is 13.8 Å². The molecule has 3 nitrogen and oxygen atoms in total. The van der Waals surface area contributed by atoms with Gasteiger partial charge in [0.15, 0.2) is 5.78 Å². The first kappa shape index (κ1) is 47.6. The van der Waals surface area contributed by atoms with Gasteiger partial charge in [-0.25, -0.2) is 0 Å².